The highest BCUT2D eigenvalue weighted by atomic mass is 32.2. The zero-order valence-electron chi connectivity index (χ0n) is 13.3. The van der Waals surface area contributed by atoms with Gasteiger partial charge in [0.05, 0.1) is 25.2 Å². The molecule has 2 amide bonds. The molecule has 2 N–H and O–H groups in total. The maximum Gasteiger partial charge on any atom is 0.315 e. The average molecular weight is 342 g/mol. The number of amides is 2. The maximum atomic E-state index is 11.7. The molecule has 0 bridgehead atoms. The van der Waals surface area contributed by atoms with E-state index in [0.29, 0.717) is 24.5 Å². The molecule has 1 aromatic carbocycles. The third-order valence-corrected chi connectivity index (χ3v) is 5.30. The molecule has 2 rings (SSSR count). The summed E-state index contributed by atoms with van der Waals surface area (Å²) < 4.78 is 33.4. The second-order valence-corrected chi connectivity index (χ2v) is 7.73. The van der Waals surface area contributed by atoms with Crippen LogP contribution in [0.15, 0.2) is 18.2 Å². The largest absolute Gasteiger partial charge is 0.493 e. The summed E-state index contributed by atoms with van der Waals surface area (Å²) >= 11 is 0. The number of hydrogen-bond donors (Lipinski definition) is 2. The summed E-state index contributed by atoms with van der Waals surface area (Å²) in [6, 6.07) is 4.91. The van der Waals surface area contributed by atoms with E-state index in [-0.39, 0.29) is 30.2 Å². The minimum absolute atomic E-state index is 0.0114. The standard InChI is InChI=1S/C15H22N2O5S/c1-11-3-4-13(14(9-11)21-2)22-7-6-16-15(18)17-12-5-8-23(19,20)10-12/h3-4,9,12H,5-8,10H2,1-2H3,(H2,16,17,18). The lowest BCUT2D eigenvalue weighted by atomic mass is 10.2. The molecule has 128 valence electrons. The Bertz CT molecular complexity index is 660. The van der Waals surface area contributed by atoms with E-state index in [1.54, 1.807) is 7.11 Å². The second kappa shape index (κ2) is 7.54. The SMILES string of the molecule is COc1cc(C)ccc1OCCNC(=O)NC1CCS(=O)(=O)C1. The third-order valence-electron chi connectivity index (χ3n) is 3.53. The molecular formula is C15H22N2O5S. The first-order valence-electron chi connectivity index (χ1n) is 7.42. The third kappa shape index (κ3) is 5.31. The molecular weight excluding hydrogens is 320 g/mol. The van der Waals surface area contributed by atoms with Crippen LogP contribution in [0, 0.1) is 6.92 Å². The zero-order chi connectivity index (χ0) is 16.9. The van der Waals surface area contributed by atoms with Crippen LogP contribution in [0.2, 0.25) is 0 Å². The lowest BCUT2D eigenvalue weighted by Crippen LogP contribution is -2.43. The topological polar surface area (TPSA) is 93.7 Å². The minimum atomic E-state index is -2.99. The van der Waals surface area contributed by atoms with Crippen LogP contribution in [-0.4, -0.2) is 52.3 Å². The van der Waals surface area contributed by atoms with Gasteiger partial charge in [-0.15, -0.1) is 0 Å². The predicted octanol–water partition coefficient (Wildman–Crippen LogP) is 0.869. The number of benzene rings is 1. The highest BCUT2D eigenvalue weighted by Crippen LogP contribution is 2.27. The number of rotatable bonds is 6. The molecule has 7 nitrogen and oxygen atoms in total. The minimum Gasteiger partial charge on any atom is -0.493 e. The van der Waals surface area contributed by atoms with Gasteiger partial charge in [-0.1, -0.05) is 6.07 Å². The van der Waals surface area contributed by atoms with Crippen molar-refractivity contribution in [2.75, 3.05) is 31.8 Å². The van der Waals surface area contributed by atoms with Crippen LogP contribution in [-0.2, 0) is 9.84 Å². The molecule has 0 radical (unpaired) electrons. The summed E-state index contributed by atoms with van der Waals surface area (Å²) in [6.45, 7) is 2.56. The molecule has 1 fully saturated rings. The van der Waals surface area contributed by atoms with E-state index in [4.69, 9.17) is 9.47 Å². The molecule has 0 saturated carbocycles. The van der Waals surface area contributed by atoms with Gasteiger partial charge in [0.2, 0.25) is 0 Å². The smallest absolute Gasteiger partial charge is 0.315 e. The summed E-state index contributed by atoms with van der Waals surface area (Å²) in [7, 11) is -1.42. The Morgan fingerprint density at radius 1 is 1.35 bits per heavy atom. The molecule has 8 heteroatoms. The molecule has 1 atom stereocenters. The Morgan fingerprint density at radius 3 is 2.78 bits per heavy atom. The molecule has 1 aromatic rings. The Kier molecular flexibility index (Phi) is 5.70. The van der Waals surface area contributed by atoms with Gasteiger partial charge in [-0.05, 0) is 31.0 Å². The van der Waals surface area contributed by atoms with Crippen LogP contribution in [0.25, 0.3) is 0 Å². The van der Waals surface area contributed by atoms with E-state index >= 15 is 0 Å². The molecule has 1 aliphatic rings. The number of carbonyl (C=O) groups is 1. The van der Waals surface area contributed by atoms with E-state index in [2.05, 4.69) is 10.6 Å². The summed E-state index contributed by atoms with van der Waals surface area (Å²) in [5.74, 6) is 1.40. The maximum absolute atomic E-state index is 11.7. The van der Waals surface area contributed by atoms with Gasteiger partial charge in [-0.25, -0.2) is 13.2 Å². The zero-order valence-corrected chi connectivity index (χ0v) is 14.1. The average Bonchev–Trinajstić information content (AvgIpc) is 2.83. The summed E-state index contributed by atoms with van der Waals surface area (Å²) in [5, 5.41) is 5.30. The number of sulfone groups is 1. The van der Waals surface area contributed by atoms with Gasteiger partial charge in [0.25, 0.3) is 0 Å². The number of nitrogens with one attached hydrogen (secondary N) is 2. The highest BCUT2D eigenvalue weighted by Gasteiger charge is 2.28. The molecule has 1 heterocycles. The number of carbonyl (C=O) groups excluding carboxylic acids is 1. The van der Waals surface area contributed by atoms with Crippen LogP contribution in [0.1, 0.15) is 12.0 Å². The van der Waals surface area contributed by atoms with Crippen LogP contribution < -0.4 is 20.1 Å². The van der Waals surface area contributed by atoms with E-state index in [1.165, 1.54) is 0 Å². The summed E-state index contributed by atoms with van der Waals surface area (Å²) in [4.78, 5) is 11.7. The Morgan fingerprint density at radius 2 is 2.13 bits per heavy atom. The molecule has 1 aliphatic heterocycles. The molecule has 0 aromatic heterocycles. The second-order valence-electron chi connectivity index (χ2n) is 5.50. The molecule has 23 heavy (non-hydrogen) atoms. The fourth-order valence-corrected chi connectivity index (χ4v) is 4.04. The van der Waals surface area contributed by atoms with Gasteiger partial charge >= 0.3 is 6.03 Å². The van der Waals surface area contributed by atoms with Gasteiger partial charge in [-0.2, -0.15) is 0 Å². The van der Waals surface area contributed by atoms with Crippen molar-refractivity contribution < 1.29 is 22.7 Å². The lowest BCUT2D eigenvalue weighted by molar-refractivity contribution is 0.233. The van der Waals surface area contributed by atoms with Gasteiger partial charge < -0.3 is 20.1 Å². The molecule has 0 aliphatic carbocycles. The van der Waals surface area contributed by atoms with E-state index in [0.717, 1.165) is 5.56 Å². The van der Waals surface area contributed by atoms with Crippen LogP contribution >= 0.6 is 0 Å². The Balaban J connectivity index is 1.70. The number of aryl methyl sites for hydroxylation is 1. The van der Waals surface area contributed by atoms with E-state index in [1.807, 2.05) is 25.1 Å². The fraction of sp³-hybridized carbons (Fsp3) is 0.533. The fourth-order valence-electron chi connectivity index (χ4n) is 2.36. The van der Waals surface area contributed by atoms with Gasteiger partial charge in [0.15, 0.2) is 21.3 Å². The van der Waals surface area contributed by atoms with Crippen molar-refractivity contribution in [3.05, 3.63) is 23.8 Å². The van der Waals surface area contributed by atoms with Gasteiger partial charge in [0, 0.05) is 6.04 Å². The summed E-state index contributed by atoms with van der Waals surface area (Å²) in [5.41, 5.74) is 1.07. The number of urea groups is 1. The Hall–Kier alpha value is -1.96. The first-order chi connectivity index (χ1) is 10.9. The highest BCUT2D eigenvalue weighted by molar-refractivity contribution is 7.91. The molecule has 1 saturated heterocycles. The van der Waals surface area contributed by atoms with Gasteiger partial charge in [0.1, 0.15) is 6.61 Å². The first-order valence-corrected chi connectivity index (χ1v) is 9.24. The van der Waals surface area contributed by atoms with Gasteiger partial charge in [-0.3, -0.25) is 0 Å². The summed E-state index contributed by atoms with van der Waals surface area (Å²) in [6.07, 6.45) is 0.465. The quantitative estimate of drug-likeness (QED) is 0.748. The number of hydrogen-bond acceptors (Lipinski definition) is 5. The van der Waals surface area contributed by atoms with Crippen molar-refractivity contribution in [2.24, 2.45) is 0 Å². The van der Waals surface area contributed by atoms with Crippen molar-refractivity contribution in [3.63, 3.8) is 0 Å². The lowest BCUT2D eigenvalue weighted by Gasteiger charge is -2.13. The monoisotopic (exact) mass is 342 g/mol. The molecule has 0 spiro atoms. The van der Waals surface area contributed by atoms with Crippen molar-refractivity contribution >= 4 is 15.9 Å². The molecule has 1 unspecified atom stereocenters. The first kappa shape index (κ1) is 17.4. The van der Waals surface area contributed by atoms with Crippen molar-refractivity contribution in [1.82, 2.24) is 10.6 Å². The van der Waals surface area contributed by atoms with Crippen molar-refractivity contribution in [3.8, 4) is 11.5 Å². The number of methoxy groups -OCH3 is 1. The van der Waals surface area contributed by atoms with E-state index < -0.39 is 9.84 Å². The predicted molar refractivity (Wildman–Crippen MR) is 86.8 cm³/mol. The van der Waals surface area contributed by atoms with Crippen LogP contribution in [0.5, 0.6) is 11.5 Å². The van der Waals surface area contributed by atoms with Crippen molar-refractivity contribution in [1.29, 1.82) is 0 Å². The Labute approximate surface area is 136 Å². The van der Waals surface area contributed by atoms with Crippen molar-refractivity contribution in [2.45, 2.75) is 19.4 Å². The van der Waals surface area contributed by atoms with E-state index in [9.17, 15) is 13.2 Å². The van der Waals surface area contributed by atoms with Crippen LogP contribution in [0.4, 0.5) is 4.79 Å². The number of ether oxygens (including phenoxy) is 2. The van der Waals surface area contributed by atoms with Crippen LogP contribution in [0.3, 0.4) is 0 Å². The normalized spacial score (nSPS) is 19.1.